The Labute approximate surface area is 161 Å². The fourth-order valence-electron chi connectivity index (χ4n) is 3.59. The van der Waals surface area contributed by atoms with Crippen molar-refractivity contribution < 1.29 is 14.3 Å². The summed E-state index contributed by atoms with van der Waals surface area (Å²) in [4.78, 5) is 27.4. The molecule has 0 aromatic heterocycles. The number of ketones is 1. The molecule has 1 aliphatic heterocycles. The molecule has 0 radical (unpaired) electrons. The summed E-state index contributed by atoms with van der Waals surface area (Å²) in [5.74, 6) is -0.590. The Morgan fingerprint density at radius 3 is 2.15 bits per heavy atom. The Morgan fingerprint density at radius 2 is 1.52 bits per heavy atom. The highest BCUT2D eigenvalue weighted by Gasteiger charge is 2.51. The SMILES string of the molecule is CC1(C)C(=O)C(CCCOCc2ccccc2)C(=O)N1Cc1ccccc1. The normalized spacial score (nSPS) is 18.9. The van der Waals surface area contributed by atoms with Crippen molar-refractivity contribution in [1.29, 1.82) is 0 Å². The minimum absolute atomic E-state index is 0.0199. The molecule has 142 valence electrons. The Hall–Kier alpha value is -2.46. The smallest absolute Gasteiger partial charge is 0.234 e. The second-order valence-electron chi connectivity index (χ2n) is 7.57. The van der Waals surface area contributed by atoms with Crippen molar-refractivity contribution >= 4 is 11.7 Å². The van der Waals surface area contributed by atoms with E-state index in [0.29, 0.717) is 32.6 Å². The first-order valence-corrected chi connectivity index (χ1v) is 9.51. The molecular formula is C23H27NO3. The molecule has 3 rings (SSSR count). The van der Waals surface area contributed by atoms with Gasteiger partial charge in [-0.1, -0.05) is 60.7 Å². The Kier molecular flexibility index (Phi) is 6.07. The number of hydrogen-bond donors (Lipinski definition) is 0. The van der Waals surface area contributed by atoms with Gasteiger partial charge in [0.1, 0.15) is 0 Å². The van der Waals surface area contributed by atoms with Crippen LogP contribution in [-0.2, 0) is 27.5 Å². The lowest BCUT2D eigenvalue weighted by Crippen LogP contribution is -2.43. The van der Waals surface area contributed by atoms with Crippen LogP contribution < -0.4 is 0 Å². The molecule has 1 unspecified atom stereocenters. The molecule has 1 heterocycles. The monoisotopic (exact) mass is 365 g/mol. The zero-order chi connectivity index (χ0) is 19.3. The summed E-state index contributed by atoms with van der Waals surface area (Å²) in [7, 11) is 0. The zero-order valence-electron chi connectivity index (χ0n) is 16.1. The number of likely N-dealkylation sites (tertiary alicyclic amines) is 1. The number of ether oxygens (including phenoxy) is 1. The average molecular weight is 365 g/mol. The molecule has 0 aliphatic carbocycles. The Morgan fingerprint density at radius 1 is 0.926 bits per heavy atom. The molecule has 0 spiro atoms. The van der Waals surface area contributed by atoms with Crippen LogP contribution in [0.5, 0.6) is 0 Å². The molecule has 1 amide bonds. The minimum atomic E-state index is -0.761. The summed E-state index contributed by atoms with van der Waals surface area (Å²) >= 11 is 0. The Bertz CT molecular complexity index is 771. The maximum Gasteiger partial charge on any atom is 0.234 e. The number of carbonyl (C=O) groups is 2. The molecule has 2 aromatic carbocycles. The van der Waals surface area contributed by atoms with Crippen LogP contribution in [0.1, 0.15) is 37.8 Å². The standard InChI is InChI=1S/C23H27NO3/c1-23(2)21(25)20(14-9-15-27-17-19-12-7-4-8-13-19)22(26)24(23)16-18-10-5-3-6-11-18/h3-8,10-13,20H,9,14-17H2,1-2H3. The van der Waals surface area contributed by atoms with Crippen LogP contribution in [0.4, 0.5) is 0 Å². The van der Waals surface area contributed by atoms with Crippen molar-refractivity contribution in [3.8, 4) is 0 Å². The lowest BCUT2D eigenvalue weighted by atomic mass is 9.91. The first-order valence-electron chi connectivity index (χ1n) is 9.51. The number of amides is 1. The molecule has 2 aromatic rings. The lowest BCUT2D eigenvalue weighted by Gasteiger charge is -2.30. The van der Waals surface area contributed by atoms with E-state index in [-0.39, 0.29) is 11.7 Å². The summed E-state index contributed by atoms with van der Waals surface area (Å²) in [6, 6.07) is 19.8. The van der Waals surface area contributed by atoms with Gasteiger partial charge in [-0.05, 0) is 37.8 Å². The Balaban J connectivity index is 1.53. The highest BCUT2D eigenvalue weighted by atomic mass is 16.5. The summed E-state index contributed by atoms with van der Waals surface area (Å²) in [6.45, 7) is 5.27. The molecule has 0 bridgehead atoms. The van der Waals surface area contributed by atoms with Gasteiger partial charge < -0.3 is 9.64 Å². The summed E-state index contributed by atoms with van der Waals surface area (Å²) in [5, 5.41) is 0. The van der Waals surface area contributed by atoms with Gasteiger partial charge in [0.15, 0.2) is 5.78 Å². The van der Waals surface area contributed by atoms with E-state index in [0.717, 1.165) is 11.1 Å². The third-order valence-electron chi connectivity index (χ3n) is 5.23. The first kappa shape index (κ1) is 19.3. The molecule has 0 N–H and O–H groups in total. The predicted octanol–water partition coefficient (Wildman–Crippen LogP) is 3.99. The third kappa shape index (κ3) is 4.45. The fourth-order valence-corrected chi connectivity index (χ4v) is 3.59. The highest BCUT2D eigenvalue weighted by Crippen LogP contribution is 2.34. The van der Waals surface area contributed by atoms with E-state index in [9.17, 15) is 9.59 Å². The van der Waals surface area contributed by atoms with Crippen molar-refractivity contribution in [3.05, 3.63) is 71.8 Å². The maximum atomic E-state index is 12.9. The van der Waals surface area contributed by atoms with E-state index in [2.05, 4.69) is 0 Å². The maximum absolute atomic E-state index is 12.9. The minimum Gasteiger partial charge on any atom is -0.377 e. The second kappa shape index (κ2) is 8.49. The van der Waals surface area contributed by atoms with Gasteiger partial charge >= 0.3 is 0 Å². The van der Waals surface area contributed by atoms with Gasteiger partial charge in [0, 0.05) is 13.2 Å². The fraction of sp³-hybridized carbons (Fsp3) is 0.391. The molecule has 1 fully saturated rings. The van der Waals surface area contributed by atoms with Crippen molar-refractivity contribution in [2.24, 2.45) is 5.92 Å². The topological polar surface area (TPSA) is 46.6 Å². The second-order valence-corrected chi connectivity index (χ2v) is 7.57. The molecule has 1 aliphatic rings. The molecule has 4 heteroatoms. The number of rotatable bonds is 8. The zero-order valence-corrected chi connectivity index (χ0v) is 16.1. The van der Waals surface area contributed by atoms with E-state index in [4.69, 9.17) is 4.74 Å². The lowest BCUT2D eigenvalue weighted by molar-refractivity contribution is -0.134. The molecule has 4 nitrogen and oxygen atoms in total. The number of nitrogens with zero attached hydrogens (tertiary/aromatic N) is 1. The molecule has 27 heavy (non-hydrogen) atoms. The number of hydrogen-bond acceptors (Lipinski definition) is 3. The van der Waals surface area contributed by atoms with E-state index in [1.807, 2.05) is 74.5 Å². The van der Waals surface area contributed by atoms with Gasteiger partial charge in [-0.2, -0.15) is 0 Å². The quantitative estimate of drug-likeness (QED) is 0.525. The number of benzene rings is 2. The van der Waals surface area contributed by atoms with Crippen molar-refractivity contribution in [1.82, 2.24) is 4.90 Å². The third-order valence-corrected chi connectivity index (χ3v) is 5.23. The first-order chi connectivity index (χ1) is 13.0. The van der Waals surface area contributed by atoms with Crippen LogP contribution in [-0.4, -0.2) is 28.7 Å². The van der Waals surface area contributed by atoms with Crippen LogP contribution in [0, 0.1) is 5.92 Å². The number of Topliss-reactive ketones (excluding diaryl/α,β-unsaturated/α-hetero) is 1. The summed E-state index contributed by atoms with van der Waals surface area (Å²) < 4.78 is 5.69. The van der Waals surface area contributed by atoms with Gasteiger partial charge in [0.25, 0.3) is 0 Å². The van der Waals surface area contributed by atoms with Crippen LogP contribution in [0.2, 0.25) is 0 Å². The van der Waals surface area contributed by atoms with E-state index in [1.54, 1.807) is 4.90 Å². The molecule has 1 atom stereocenters. The predicted molar refractivity (Wildman–Crippen MR) is 105 cm³/mol. The van der Waals surface area contributed by atoms with Crippen molar-refractivity contribution in [2.45, 2.75) is 45.4 Å². The highest BCUT2D eigenvalue weighted by molar-refractivity contribution is 6.12. The van der Waals surface area contributed by atoms with Crippen LogP contribution in [0.3, 0.4) is 0 Å². The summed E-state index contributed by atoms with van der Waals surface area (Å²) in [6.07, 6.45) is 1.24. The van der Waals surface area contributed by atoms with Crippen LogP contribution >= 0.6 is 0 Å². The summed E-state index contributed by atoms with van der Waals surface area (Å²) in [5.41, 5.74) is 1.40. The van der Waals surface area contributed by atoms with E-state index in [1.165, 1.54) is 0 Å². The van der Waals surface area contributed by atoms with Crippen molar-refractivity contribution in [2.75, 3.05) is 6.61 Å². The van der Waals surface area contributed by atoms with Gasteiger partial charge in [0.05, 0.1) is 18.1 Å². The van der Waals surface area contributed by atoms with Crippen molar-refractivity contribution in [3.63, 3.8) is 0 Å². The molecular weight excluding hydrogens is 338 g/mol. The van der Waals surface area contributed by atoms with E-state index < -0.39 is 11.5 Å². The van der Waals surface area contributed by atoms with Gasteiger partial charge in [0.2, 0.25) is 5.91 Å². The van der Waals surface area contributed by atoms with Gasteiger partial charge in [-0.15, -0.1) is 0 Å². The van der Waals surface area contributed by atoms with Gasteiger partial charge in [-0.3, -0.25) is 9.59 Å². The average Bonchev–Trinajstić information content (AvgIpc) is 2.84. The van der Waals surface area contributed by atoms with Crippen LogP contribution in [0.15, 0.2) is 60.7 Å². The van der Waals surface area contributed by atoms with Crippen LogP contribution in [0.25, 0.3) is 0 Å². The molecule has 1 saturated heterocycles. The van der Waals surface area contributed by atoms with E-state index >= 15 is 0 Å². The van der Waals surface area contributed by atoms with Gasteiger partial charge in [-0.25, -0.2) is 0 Å². The largest absolute Gasteiger partial charge is 0.377 e. The molecule has 0 saturated carbocycles. The number of carbonyl (C=O) groups excluding carboxylic acids is 2.